The molecule has 1 aliphatic carbocycles. The molecular formula is C24H29N5O4S. The molecule has 0 amide bonds. The molecule has 9 nitrogen and oxygen atoms in total. The van der Waals surface area contributed by atoms with E-state index in [1.54, 1.807) is 18.5 Å². The molecule has 10 heteroatoms. The zero-order chi connectivity index (χ0) is 24.3. The summed E-state index contributed by atoms with van der Waals surface area (Å²) < 4.78 is 28.6. The van der Waals surface area contributed by atoms with E-state index in [9.17, 15) is 13.2 Å². The zero-order valence-corrected chi connectivity index (χ0v) is 20.4. The van der Waals surface area contributed by atoms with Crippen molar-refractivity contribution in [3.05, 3.63) is 53.9 Å². The lowest BCUT2D eigenvalue weighted by Gasteiger charge is -2.18. The lowest BCUT2D eigenvalue weighted by molar-refractivity contribution is 0.104. The molecule has 0 saturated carbocycles. The Balaban J connectivity index is 1.56. The average molecular weight is 484 g/mol. The molecule has 0 bridgehead atoms. The van der Waals surface area contributed by atoms with E-state index < -0.39 is 10.1 Å². The molecule has 1 N–H and O–H groups in total. The van der Waals surface area contributed by atoms with Crippen LogP contribution in [0.3, 0.4) is 0 Å². The Morgan fingerprint density at radius 1 is 1.15 bits per heavy atom. The van der Waals surface area contributed by atoms with Gasteiger partial charge in [0.1, 0.15) is 5.69 Å². The van der Waals surface area contributed by atoms with E-state index in [0.29, 0.717) is 30.6 Å². The molecule has 180 valence electrons. The SMILES string of the molecule is CN(C)CCn1nc2c3c(c(NCC/C=C\CCOS(C)(=O)=O)ccc31)C(=O)c1ccncc1-2. The van der Waals surface area contributed by atoms with Gasteiger partial charge in [0.2, 0.25) is 0 Å². The maximum atomic E-state index is 13.5. The minimum absolute atomic E-state index is 0.0291. The van der Waals surface area contributed by atoms with E-state index >= 15 is 0 Å². The summed E-state index contributed by atoms with van der Waals surface area (Å²) in [4.78, 5) is 19.8. The van der Waals surface area contributed by atoms with Crippen LogP contribution in [0.15, 0.2) is 42.7 Å². The molecule has 3 aromatic rings. The largest absolute Gasteiger partial charge is 0.384 e. The van der Waals surface area contributed by atoms with Gasteiger partial charge in [-0.1, -0.05) is 12.2 Å². The maximum Gasteiger partial charge on any atom is 0.264 e. The highest BCUT2D eigenvalue weighted by Gasteiger charge is 2.31. The first-order valence-electron chi connectivity index (χ1n) is 11.2. The number of hydrogen-bond acceptors (Lipinski definition) is 8. The van der Waals surface area contributed by atoms with Crippen LogP contribution in [-0.4, -0.2) is 73.9 Å². The number of aromatic nitrogens is 3. The molecule has 1 aromatic carbocycles. The molecule has 2 aromatic heterocycles. The molecule has 34 heavy (non-hydrogen) atoms. The first-order valence-corrected chi connectivity index (χ1v) is 13.0. The Bertz CT molecular complexity index is 1340. The molecule has 1 aliphatic rings. The second-order valence-corrected chi connectivity index (χ2v) is 10.2. The number of pyridine rings is 1. The summed E-state index contributed by atoms with van der Waals surface area (Å²) in [7, 11) is 0.638. The number of likely N-dealkylation sites (N-methyl/N-ethyl adjacent to an activating group) is 1. The summed E-state index contributed by atoms with van der Waals surface area (Å²) in [5, 5.41) is 9.13. The number of carbonyl (C=O) groups excluding carboxylic acids is 1. The van der Waals surface area contributed by atoms with Gasteiger partial charge in [-0.3, -0.25) is 18.6 Å². The number of rotatable bonds is 11. The number of fused-ring (bicyclic) bond motifs is 2. The second-order valence-electron chi connectivity index (χ2n) is 8.51. The van der Waals surface area contributed by atoms with Gasteiger partial charge < -0.3 is 10.2 Å². The monoisotopic (exact) mass is 483 g/mol. The number of hydrogen-bond donors (Lipinski definition) is 1. The topological polar surface area (TPSA) is 106 Å². The third-order valence-corrected chi connectivity index (χ3v) is 6.20. The molecule has 0 spiro atoms. The van der Waals surface area contributed by atoms with Gasteiger partial charge in [-0.2, -0.15) is 13.5 Å². The van der Waals surface area contributed by atoms with Crippen molar-refractivity contribution in [2.75, 3.05) is 45.4 Å². The fourth-order valence-corrected chi connectivity index (χ4v) is 4.42. The zero-order valence-electron chi connectivity index (χ0n) is 19.6. The van der Waals surface area contributed by atoms with Crippen molar-refractivity contribution < 1.29 is 17.4 Å². The summed E-state index contributed by atoms with van der Waals surface area (Å²) in [5.74, 6) is -0.0291. The Morgan fingerprint density at radius 3 is 2.71 bits per heavy atom. The first-order chi connectivity index (χ1) is 16.3. The highest BCUT2D eigenvalue weighted by molar-refractivity contribution is 7.85. The van der Waals surface area contributed by atoms with Crippen molar-refractivity contribution in [3.8, 4) is 11.3 Å². The molecule has 0 radical (unpaired) electrons. The van der Waals surface area contributed by atoms with Crippen LogP contribution < -0.4 is 5.32 Å². The summed E-state index contributed by atoms with van der Waals surface area (Å²) >= 11 is 0. The minimum Gasteiger partial charge on any atom is -0.384 e. The van der Waals surface area contributed by atoms with Crippen LogP contribution >= 0.6 is 0 Å². The van der Waals surface area contributed by atoms with Crippen molar-refractivity contribution >= 4 is 32.5 Å². The standard InChI is InChI=1S/C24H29N5O4S/c1-28(2)13-14-29-20-9-8-19(26-11-6-4-5-7-15-33-34(3,31)32)21-22(20)23(27-29)18-16-25-12-10-17(18)24(21)30/h4-5,8-10,12,16,26H,6-7,11,13-15H2,1-3H3/b5-4-. The lowest BCUT2D eigenvalue weighted by Crippen LogP contribution is -2.19. The number of carbonyl (C=O) groups is 1. The van der Waals surface area contributed by atoms with E-state index in [1.165, 1.54) is 0 Å². The third kappa shape index (κ3) is 5.19. The van der Waals surface area contributed by atoms with Crippen LogP contribution in [0, 0.1) is 0 Å². The van der Waals surface area contributed by atoms with E-state index in [-0.39, 0.29) is 12.4 Å². The van der Waals surface area contributed by atoms with Crippen LogP contribution in [-0.2, 0) is 20.8 Å². The normalized spacial score (nSPS) is 13.2. The van der Waals surface area contributed by atoms with E-state index in [0.717, 1.165) is 47.1 Å². The fraction of sp³-hybridized carbons (Fsp3) is 0.375. The highest BCUT2D eigenvalue weighted by Crippen LogP contribution is 2.41. The second kappa shape index (κ2) is 10.0. The van der Waals surface area contributed by atoms with E-state index in [1.807, 2.05) is 43.1 Å². The van der Waals surface area contributed by atoms with Crippen LogP contribution in [0.4, 0.5) is 5.69 Å². The fourth-order valence-electron chi connectivity index (χ4n) is 4.02. The molecule has 2 heterocycles. The Hall–Kier alpha value is -3.08. The third-order valence-electron chi connectivity index (χ3n) is 5.60. The summed E-state index contributed by atoms with van der Waals surface area (Å²) in [6.45, 7) is 2.31. The summed E-state index contributed by atoms with van der Waals surface area (Å²) in [5.41, 5.74) is 4.54. The first kappa shape index (κ1) is 24.1. The number of nitrogens with zero attached hydrogens (tertiary/aromatic N) is 4. The predicted molar refractivity (Wildman–Crippen MR) is 133 cm³/mol. The Kier molecular flexibility index (Phi) is 7.11. The van der Waals surface area contributed by atoms with Gasteiger partial charge in [0.05, 0.1) is 30.5 Å². The molecule has 0 aliphatic heterocycles. The smallest absolute Gasteiger partial charge is 0.264 e. The minimum atomic E-state index is -3.41. The Morgan fingerprint density at radius 2 is 1.94 bits per heavy atom. The van der Waals surface area contributed by atoms with Crippen LogP contribution in [0.25, 0.3) is 22.2 Å². The van der Waals surface area contributed by atoms with E-state index in [4.69, 9.17) is 9.28 Å². The van der Waals surface area contributed by atoms with Crippen molar-refractivity contribution in [2.45, 2.75) is 19.4 Å². The molecule has 0 atom stereocenters. The molecule has 0 saturated heterocycles. The van der Waals surface area contributed by atoms with Gasteiger partial charge in [-0.05, 0) is 45.1 Å². The van der Waals surface area contributed by atoms with Crippen molar-refractivity contribution in [1.29, 1.82) is 0 Å². The van der Waals surface area contributed by atoms with Crippen LogP contribution in [0.2, 0.25) is 0 Å². The maximum absolute atomic E-state index is 13.5. The number of anilines is 1. The van der Waals surface area contributed by atoms with Gasteiger partial charge in [0.25, 0.3) is 10.1 Å². The van der Waals surface area contributed by atoms with Gasteiger partial charge in [0, 0.05) is 47.7 Å². The van der Waals surface area contributed by atoms with Crippen LogP contribution in [0.1, 0.15) is 28.8 Å². The quantitative estimate of drug-likeness (QED) is 0.197. The summed E-state index contributed by atoms with van der Waals surface area (Å²) in [6.07, 6.45) is 9.49. The predicted octanol–water partition coefficient (Wildman–Crippen LogP) is 2.93. The Labute approximate surface area is 199 Å². The van der Waals surface area contributed by atoms with Crippen molar-refractivity contribution in [3.63, 3.8) is 0 Å². The lowest BCUT2D eigenvalue weighted by atomic mass is 9.87. The van der Waals surface area contributed by atoms with E-state index in [2.05, 4.69) is 15.2 Å². The van der Waals surface area contributed by atoms with Crippen molar-refractivity contribution in [1.82, 2.24) is 19.7 Å². The molecule has 4 rings (SSSR count). The van der Waals surface area contributed by atoms with Gasteiger partial charge >= 0.3 is 0 Å². The van der Waals surface area contributed by atoms with Crippen molar-refractivity contribution in [2.24, 2.45) is 0 Å². The highest BCUT2D eigenvalue weighted by atomic mass is 32.2. The molecule has 0 unspecified atom stereocenters. The number of ketones is 1. The van der Waals surface area contributed by atoms with Gasteiger partial charge in [-0.15, -0.1) is 0 Å². The molecule has 0 fully saturated rings. The molecular weight excluding hydrogens is 454 g/mol. The number of benzene rings is 1. The average Bonchev–Trinajstić information content (AvgIpc) is 3.16. The van der Waals surface area contributed by atoms with Gasteiger partial charge in [0.15, 0.2) is 5.78 Å². The van der Waals surface area contributed by atoms with Crippen LogP contribution in [0.5, 0.6) is 0 Å². The number of nitrogens with one attached hydrogen (secondary N) is 1. The van der Waals surface area contributed by atoms with Gasteiger partial charge in [-0.25, -0.2) is 0 Å². The summed E-state index contributed by atoms with van der Waals surface area (Å²) in [6, 6.07) is 5.72.